The van der Waals surface area contributed by atoms with Gasteiger partial charge in [0, 0.05) is 18.9 Å². The Labute approximate surface area is 159 Å². The molecule has 5 nitrogen and oxygen atoms in total. The van der Waals surface area contributed by atoms with E-state index in [0.29, 0.717) is 23.6 Å². The minimum Gasteiger partial charge on any atom is -0.492 e. The first kappa shape index (κ1) is 18.5. The third-order valence-corrected chi connectivity index (χ3v) is 4.02. The molecule has 27 heavy (non-hydrogen) atoms. The fourth-order valence-electron chi connectivity index (χ4n) is 2.70. The van der Waals surface area contributed by atoms with E-state index in [2.05, 4.69) is 27.8 Å². The van der Waals surface area contributed by atoms with Crippen molar-refractivity contribution in [3.63, 3.8) is 0 Å². The molecule has 0 aliphatic rings. The molecular weight excluding hydrogens is 338 g/mol. The van der Waals surface area contributed by atoms with E-state index in [0.717, 1.165) is 18.7 Å². The van der Waals surface area contributed by atoms with Gasteiger partial charge in [-0.2, -0.15) is 0 Å². The van der Waals surface area contributed by atoms with Gasteiger partial charge in [-0.25, -0.2) is 0 Å². The Morgan fingerprint density at radius 2 is 1.81 bits per heavy atom. The molecule has 1 aromatic heterocycles. The van der Waals surface area contributed by atoms with Gasteiger partial charge in [-0.05, 0) is 37.1 Å². The number of carbonyl (C=O) groups excluding carboxylic acids is 1. The van der Waals surface area contributed by atoms with Gasteiger partial charge in [-0.15, -0.1) is 0 Å². The van der Waals surface area contributed by atoms with Crippen molar-refractivity contribution in [2.75, 3.05) is 23.8 Å². The minimum absolute atomic E-state index is 0.221. The largest absolute Gasteiger partial charge is 0.492 e. The maximum absolute atomic E-state index is 12.6. The second-order valence-corrected chi connectivity index (χ2v) is 6.01. The molecule has 3 rings (SSSR count). The van der Waals surface area contributed by atoms with Crippen LogP contribution in [0.1, 0.15) is 22.8 Å². The lowest BCUT2D eigenvalue weighted by atomic mass is 10.1. The summed E-state index contributed by atoms with van der Waals surface area (Å²) in [6, 6.07) is 19.4. The van der Waals surface area contributed by atoms with E-state index in [-0.39, 0.29) is 5.91 Å². The van der Waals surface area contributed by atoms with E-state index in [1.165, 1.54) is 5.56 Å². The number of benzene rings is 2. The van der Waals surface area contributed by atoms with Crippen LogP contribution in [0.3, 0.4) is 0 Å². The highest BCUT2D eigenvalue weighted by Crippen LogP contribution is 2.24. The summed E-state index contributed by atoms with van der Waals surface area (Å²) < 4.78 is 5.55. The van der Waals surface area contributed by atoms with Gasteiger partial charge in [0.2, 0.25) is 0 Å². The topological polar surface area (TPSA) is 63.2 Å². The number of hydrogen-bond acceptors (Lipinski definition) is 4. The lowest BCUT2D eigenvalue weighted by molar-refractivity contribution is 0.102. The third kappa shape index (κ3) is 5.31. The first-order valence-electron chi connectivity index (χ1n) is 9.02. The zero-order chi connectivity index (χ0) is 18.9. The summed E-state index contributed by atoms with van der Waals surface area (Å²) in [6.07, 6.45) is 4.18. The summed E-state index contributed by atoms with van der Waals surface area (Å²) in [5.41, 5.74) is 3.22. The second-order valence-electron chi connectivity index (χ2n) is 6.01. The van der Waals surface area contributed by atoms with Crippen LogP contribution in [0.5, 0.6) is 5.75 Å². The van der Waals surface area contributed by atoms with Crippen molar-refractivity contribution in [3.8, 4) is 5.75 Å². The summed E-state index contributed by atoms with van der Waals surface area (Å²) in [5.74, 6) is 0.430. The van der Waals surface area contributed by atoms with Crippen molar-refractivity contribution in [3.05, 3.63) is 84.2 Å². The van der Waals surface area contributed by atoms with Crippen LogP contribution in [-0.4, -0.2) is 24.0 Å². The maximum atomic E-state index is 12.6. The molecule has 138 valence electrons. The number of amides is 1. The number of aromatic nitrogens is 1. The SMILES string of the molecule is CCOc1ccccc1NC(=O)c1cncc(NCCc2ccccc2)c1. The van der Waals surface area contributed by atoms with Crippen molar-refractivity contribution in [1.29, 1.82) is 0 Å². The van der Waals surface area contributed by atoms with Gasteiger partial charge in [0.1, 0.15) is 5.75 Å². The van der Waals surface area contributed by atoms with E-state index in [1.54, 1.807) is 18.5 Å². The van der Waals surface area contributed by atoms with Gasteiger partial charge in [0.25, 0.3) is 5.91 Å². The van der Waals surface area contributed by atoms with Crippen molar-refractivity contribution in [1.82, 2.24) is 4.98 Å². The first-order valence-corrected chi connectivity index (χ1v) is 9.02. The van der Waals surface area contributed by atoms with Gasteiger partial charge < -0.3 is 15.4 Å². The summed E-state index contributed by atoms with van der Waals surface area (Å²) in [5, 5.41) is 6.21. The standard InChI is InChI=1S/C22H23N3O2/c1-2-27-21-11-7-6-10-20(21)25-22(26)18-14-19(16-23-15-18)24-13-12-17-8-4-3-5-9-17/h3-11,14-16,24H,2,12-13H2,1H3,(H,25,26). The molecule has 1 heterocycles. The van der Waals surface area contributed by atoms with E-state index in [4.69, 9.17) is 4.74 Å². The average Bonchev–Trinajstić information content (AvgIpc) is 2.71. The highest BCUT2D eigenvalue weighted by atomic mass is 16.5. The molecule has 0 fully saturated rings. The van der Waals surface area contributed by atoms with E-state index >= 15 is 0 Å². The smallest absolute Gasteiger partial charge is 0.257 e. The van der Waals surface area contributed by atoms with Crippen molar-refractivity contribution in [2.24, 2.45) is 0 Å². The molecule has 5 heteroatoms. The van der Waals surface area contributed by atoms with Crippen molar-refractivity contribution >= 4 is 17.3 Å². The predicted octanol–water partition coefficient (Wildman–Crippen LogP) is 4.39. The first-order chi connectivity index (χ1) is 13.3. The van der Waals surface area contributed by atoms with Crippen LogP contribution in [0, 0.1) is 0 Å². The van der Waals surface area contributed by atoms with Crippen LogP contribution in [0.2, 0.25) is 0 Å². The Morgan fingerprint density at radius 1 is 1.04 bits per heavy atom. The number of nitrogens with one attached hydrogen (secondary N) is 2. The molecule has 0 atom stereocenters. The normalized spacial score (nSPS) is 10.3. The number of carbonyl (C=O) groups is 1. The molecule has 0 unspecified atom stereocenters. The number of anilines is 2. The van der Waals surface area contributed by atoms with E-state index in [1.807, 2.05) is 49.4 Å². The summed E-state index contributed by atoms with van der Waals surface area (Å²) >= 11 is 0. The zero-order valence-electron chi connectivity index (χ0n) is 15.3. The molecule has 2 N–H and O–H groups in total. The molecule has 1 amide bonds. The number of hydrogen-bond donors (Lipinski definition) is 2. The number of pyridine rings is 1. The Hall–Kier alpha value is -3.34. The fraction of sp³-hybridized carbons (Fsp3) is 0.182. The number of ether oxygens (including phenoxy) is 1. The molecule has 0 aliphatic carbocycles. The highest BCUT2D eigenvalue weighted by molar-refractivity contribution is 6.05. The maximum Gasteiger partial charge on any atom is 0.257 e. The summed E-state index contributed by atoms with van der Waals surface area (Å²) in [4.78, 5) is 16.8. The van der Waals surface area contributed by atoms with Crippen LogP contribution in [0.15, 0.2) is 73.1 Å². The lowest BCUT2D eigenvalue weighted by Gasteiger charge is -2.12. The van der Waals surface area contributed by atoms with Gasteiger partial charge >= 0.3 is 0 Å². The highest BCUT2D eigenvalue weighted by Gasteiger charge is 2.10. The Morgan fingerprint density at radius 3 is 2.63 bits per heavy atom. The molecule has 0 spiro atoms. The van der Waals surface area contributed by atoms with Crippen molar-refractivity contribution < 1.29 is 9.53 Å². The molecule has 0 saturated carbocycles. The minimum atomic E-state index is -0.221. The average molecular weight is 361 g/mol. The molecule has 0 saturated heterocycles. The fourth-order valence-corrected chi connectivity index (χ4v) is 2.70. The third-order valence-electron chi connectivity index (χ3n) is 4.02. The molecule has 0 aliphatic heterocycles. The molecule has 3 aromatic rings. The van der Waals surface area contributed by atoms with Gasteiger partial charge in [-0.3, -0.25) is 9.78 Å². The zero-order valence-corrected chi connectivity index (χ0v) is 15.3. The van der Waals surface area contributed by atoms with Gasteiger partial charge in [0.15, 0.2) is 0 Å². The number of nitrogens with zero attached hydrogens (tertiary/aromatic N) is 1. The molecule has 2 aromatic carbocycles. The predicted molar refractivity (Wildman–Crippen MR) is 108 cm³/mol. The van der Waals surface area contributed by atoms with Crippen LogP contribution in [0.25, 0.3) is 0 Å². The van der Waals surface area contributed by atoms with Crippen LogP contribution in [-0.2, 0) is 6.42 Å². The lowest BCUT2D eigenvalue weighted by Crippen LogP contribution is -2.14. The molecule has 0 radical (unpaired) electrons. The Bertz CT molecular complexity index is 881. The Balaban J connectivity index is 1.62. The quantitative estimate of drug-likeness (QED) is 0.625. The van der Waals surface area contributed by atoms with Gasteiger partial charge in [0.05, 0.1) is 23.5 Å². The second kappa shape index (κ2) is 9.38. The molecule has 0 bridgehead atoms. The number of para-hydroxylation sites is 2. The van der Waals surface area contributed by atoms with Crippen molar-refractivity contribution in [2.45, 2.75) is 13.3 Å². The Kier molecular flexibility index (Phi) is 6.41. The number of rotatable bonds is 8. The van der Waals surface area contributed by atoms with Crippen LogP contribution in [0.4, 0.5) is 11.4 Å². The van der Waals surface area contributed by atoms with Crippen LogP contribution >= 0.6 is 0 Å². The summed E-state index contributed by atoms with van der Waals surface area (Å²) in [6.45, 7) is 3.21. The monoisotopic (exact) mass is 361 g/mol. The van der Waals surface area contributed by atoms with Gasteiger partial charge in [-0.1, -0.05) is 42.5 Å². The van der Waals surface area contributed by atoms with Crippen LogP contribution < -0.4 is 15.4 Å². The molecular formula is C22H23N3O2. The van der Waals surface area contributed by atoms with E-state index in [9.17, 15) is 4.79 Å². The summed E-state index contributed by atoms with van der Waals surface area (Å²) in [7, 11) is 0. The van der Waals surface area contributed by atoms with E-state index < -0.39 is 0 Å².